The van der Waals surface area contributed by atoms with Crippen molar-refractivity contribution in [3.8, 4) is 0 Å². The van der Waals surface area contributed by atoms with Crippen LogP contribution in [-0.4, -0.2) is 11.0 Å². The van der Waals surface area contributed by atoms with Gasteiger partial charge in [-0.2, -0.15) is 0 Å². The summed E-state index contributed by atoms with van der Waals surface area (Å²) in [6, 6.07) is 28.7. The van der Waals surface area contributed by atoms with E-state index in [9.17, 15) is 0 Å². The summed E-state index contributed by atoms with van der Waals surface area (Å²) in [5.74, 6) is 0.342. The molecule has 2 atom stereocenters. The molecule has 2 unspecified atom stereocenters. The predicted molar refractivity (Wildman–Crippen MR) is 130 cm³/mol. The number of benzene rings is 4. The van der Waals surface area contributed by atoms with Gasteiger partial charge in [-0.25, -0.2) is 0 Å². The third-order valence-corrected chi connectivity index (χ3v) is 6.80. The van der Waals surface area contributed by atoms with Crippen LogP contribution < -0.4 is 4.90 Å². The maximum Gasteiger partial charge on any atom is 0.0807 e. The Bertz CT molecular complexity index is 1510. The summed E-state index contributed by atoms with van der Waals surface area (Å²) >= 11 is 0. The van der Waals surface area contributed by atoms with Crippen LogP contribution in [0.4, 0.5) is 11.4 Å². The van der Waals surface area contributed by atoms with Crippen molar-refractivity contribution in [2.24, 2.45) is 0 Å². The Kier molecular flexibility index (Phi) is 3.42. The van der Waals surface area contributed by atoms with E-state index in [1.54, 1.807) is 0 Å². The molecule has 2 heteroatoms. The molecule has 2 nitrogen and oxygen atoms in total. The lowest BCUT2D eigenvalue weighted by Crippen LogP contribution is -2.28. The number of nitrogens with zero attached hydrogens (tertiary/aromatic N) is 2. The fraction of sp³-hybridized carbons (Fsp3) is 0.0690. The Morgan fingerprint density at radius 2 is 1.39 bits per heavy atom. The highest BCUT2D eigenvalue weighted by atomic mass is 15.2. The van der Waals surface area contributed by atoms with Crippen molar-refractivity contribution in [3.05, 3.63) is 115 Å². The number of anilines is 2. The van der Waals surface area contributed by atoms with Gasteiger partial charge in [-0.05, 0) is 39.9 Å². The van der Waals surface area contributed by atoms with Gasteiger partial charge in [0.05, 0.1) is 17.2 Å². The summed E-state index contributed by atoms with van der Waals surface area (Å²) in [7, 11) is 0. The van der Waals surface area contributed by atoms with Gasteiger partial charge in [0, 0.05) is 28.6 Å². The average molecular weight is 396 g/mol. The molecule has 2 aliphatic rings. The maximum atomic E-state index is 4.92. The molecule has 31 heavy (non-hydrogen) atoms. The minimum atomic E-state index is 0.276. The van der Waals surface area contributed by atoms with Crippen molar-refractivity contribution in [2.45, 2.75) is 12.0 Å². The SMILES string of the molecule is C1=CC2c3ccc4c5ccccc5c5cccnc5c4c3N(c3ccccc3)C2C=C1. The fourth-order valence-corrected chi connectivity index (χ4v) is 5.54. The lowest BCUT2D eigenvalue weighted by molar-refractivity contribution is 0.745. The number of aromatic nitrogens is 1. The Morgan fingerprint density at radius 3 is 2.26 bits per heavy atom. The van der Waals surface area contributed by atoms with Crippen LogP contribution in [0.15, 0.2) is 109 Å². The third-order valence-electron chi connectivity index (χ3n) is 6.80. The smallest absolute Gasteiger partial charge is 0.0807 e. The second kappa shape index (κ2) is 6.29. The number of rotatable bonds is 1. The molecule has 146 valence electrons. The molecule has 0 spiro atoms. The number of fused-ring (bicyclic) bond motifs is 10. The lowest BCUT2D eigenvalue weighted by atomic mass is 9.89. The Balaban J connectivity index is 1.70. The van der Waals surface area contributed by atoms with E-state index in [0.717, 1.165) is 5.52 Å². The van der Waals surface area contributed by atoms with E-state index in [4.69, 9.17) is 4.98 Å². The van der Waals surface area contributed by atoms with E-state index in [1.807, 2.05) is 12.3 Å². The topological polar surface area (TPSA) is 16.1 Å². The molecule has 2 heterocycles. The summed E-state index contributed by atoms with van der Waals surface area (Å²) < 4.78 is 0. The number of hydrogen-bond acceptors (Lipinski definition) is 2. The summed E-state index contributed by atoms with van der Waals surface area (Å²) in [6.45, 7) is 0. The van der Waals surface area contributed by atoms with Gasteiger partial charge in [-0.3, -0.25) is 4.98 Å². The molecule has 1 aromatic heterocycles. The van der Waals surface area contributed by atoms with Crippen LogP contribution in [0.5, 0.6) is 0 Å². The molecule has 0 saturated carbocycles. The molecular formula is C29H20N2. The zero-order chi connectivity index (χ0) is 20.4. The molecule has 0 bridgehead atoms. The Hall–Kier alpha value is -3.91. The van der Waals surface area contributed by atoms with Crippen molar-refractivity contribution >= 4 is 43.8 Å². The van der Waals surface area contributed by atoms with Crippen molar-refractivity contribution in [1.29, 1.82) is 0 Å². The molecule has 0 fully saturated rings. The van der Waals surface area contributed by atoms with Crippen LogP contribution >= 0.6 is 0 Å². The number of pyridine rings is 1. The number of para-hydroxylation sites is 1. The van der Waals surface area contributed by atoms with Crippen LogP contribution in [0.1, 0.15) is 11.5 Å². The van der Waals surface area contributed by atoms with Crippen LogP contribution in [0, 0.1) is 0 Å². The van der Waals surface area contributed by atoms with Gasteiger partial charge < -0.3 is 4.90 Å². The summed E-state index contributed by atoms with van der Waals surface area (Å²) in [5.41, 5.74) is 4.98. The minimum Gasteiger partial charge on any atom is -0.333 e. The molecule has 1 aliphatic carbocycles. The van der Waals surface area contributed by atoms with Crippen LogP contribution in [-0.2, 0) is 0 Å². The zero-order valence-electron chi connectivity index (χ0n) is 16.9. The molecule has 4 aromatic carbocycles. The van der Waals surface area contributed by atoms with E-state index in [2.05, 4.69) is 102 Å². The molecule has 7 rings (SSSR count). The molecule has 5 aromatic rings. The lowest BCUT2D eigenvalue weighted by Gasteiger charge is -2.29. The van der Waals surface area contributed by atoms with E-state index >= 15 is 0 Å². The zero-order valence-corrected chi connectivity index (χ0v) is 16.9. The molecule has 1 aliphatic heterocycles. The maximum absolute atomic E-state index is 4.92. The molecule has 0 amide bonds. The van der Waals surface area contributed by atoms with Gasteiger partial charge >= 0.3 is 0 Å². The normalized spacial score (nSPS) is 19.3. The van der Waals surface area contributed by atoms with Crippen molar-refractivity contribution < 1.29 is 0 Å². The van der Waals surface area contributed by atoms with Crippen LogP contribution in [0.25, 0.3) is 32.4 Å². The largest absolute Gasteiger partial charge is 0.333 e. The highest BCUT2D eigenvalue weighted by Crippen LogP contribution is 2.52. The van der Waals surface area contributed by atoms with Crippen LogP contribution in [0.3, 0.4) is 0 Å². The average Bonchev–Trinajstić information content (AvgIpc) is 3.19. The number of hydrogen-bond donors (Lipinski definition) is 0. The standard InChI is InChI=1S/C29H20N2/c1-2-9-19(10-3-1)31-26-15-7-6-13-22(26)25-17-16-23-20-11-4-5-12-21(20)24-14-8-18-30-28(24)27(23)29(25)31/h1-18,22,26H. The molecule has 0 radical (unpaired) electrons. The summed E-state index contributed by atoms with van der Waals surface area (Å²) in [4.78, 5) is 7.44. The molecular weight excluding hydrogens is 376 g/mol. The minimum absolute atomic E-state index is 0.276. The van der Waals surface area contributed by atoms with Crippen molar-refractivity contribution in [1.82, 2.24) is 4.98 Å². The first-order chi connectivity index (χ1) is 15.4. The van der Waals surface area contributed by atoms with E-state index < -0.39 is 0 Å². The van der Waals surface area contributed by atoms with Gasteiger partial charge in [0.2, 0.25) is 0 Å². The van der Waals surface area contributed by atoms with Crippen molar-refractivity contribution in [3.63, 3.8) is 0 Å². The van der Waals surface area contributed by atoms with Gasteiger partial charge in [-0.15, -0.1) is 0 Å². The first-order valence-corrected chi connectivity index (χ1v) is 10.8. The van der Waals surface area contributed by atoms with Crippen LogP contribution in [0.2, 0.25) is 0 Å². The van der Waals surface area contributed by atoms with Gasteiger partial charge in [0.15, 0.2) is 0 Å². The quantitative estimate of drug-likeness (QED) is 0.277. The van der Waals surface area contributed by atoms with Gasteiger partial charge in [0.25, 0.3) is 0 Å². The monoisotopic (exact) mass is 396 g/mol. The summed E-state index contributed by atoms with van der Waals surface area (Å²) in [6.07, 6.45) is 11.0. The predicted octanol–water partition coefficient (Wildman–Crippen LogP) is 7.27. The molecule has 0 saturated heterocycles. The van der Waals surface area contributed by atoms with E-state index in [0.29, 0.717) is 5.92 Å². The number of allylic oxidation sites excluding steroid dienone is 2. The second-order valence-electron chi connectivity index (χ2n) is 8.36. The Morgan fingerprint density at radius 1 is 0.645 bits per heavy atom. The molecule has 0 N–H and O–H groups in total. The highest BCUT2D eigenvalue weighted by Gasteiger charge is 2.39. The van der Waals surface area contributed by atoms with E-state index in [-0.39, 0.29) is 6.04 Å². The first kappa shape index (κ1) is 16.8. The first-order valence-electron chi connectivity index (χ1n) is 10.8. The van der Waals surface area contributed by atoms with Crippen molar-refractivity contribution in [2.75, 3.05) is 4.90 Å². The Labute approximate surface area is 180 Å². The third kappa shape index (κ3) is 2.25. The highest BCUT2D eigenvalue weighted by molar-refractivity contribution is 6.28. The van der Waals surface area contributed by atoms with Gasteiger partial charge in [0.1, 0.15) is 0 Å². The second-order valence-corrected chi connectivity index (χ2v) is 8.36. The van der Waals surface area contributed by atoms with Gasteiger partial charge in [-0.1, -0.05) is 85.0 Å². The fourth-order valence-electron chi connectivity index (χ4n) is 5.54. The summed E-state index contributed by atoms with van der Waals surface area (Å²) in [5, 5.41) is 6.29. The van der Waals surface area contributed by atoms with E-state index in [1.165, 1.54) is 43.9 Å².